The largest absolute Gasteiger partial charge is 0.452 e. The fraction of sp³-hybridized carbons (Fsp3) is 0.548. The summed E-state index contributed by atoms with van der Waals surface area (Å²) in [7, 11) is -3.77. The van der Waals surface area contributed by atoms with Gasteiger partial charge < -0.3 is 15.0 Å². The number of nitrogens with zero attached hydrogens (tertiary/aromatic N) is 2. The molecule has 0 unspecified atom stereocenters. The lowest BCUT2D eigenvalue weighted by atomic mass is 9.48. The van der Waals surface area contributed by atoms with E-state index in [2.05, 4.69) is 17.1 Å². The van der Waals surface area contributed by atoms with Crippen molar-refractivity contribution < 1.29 is 22.7 Å². The molecule has 2 aromatic carbocycles. The molecular formula is C31H39N3O5S. The first-order valence-electron chi connectivity index (χ1n) is 14.6. The second-order valence-corrected chi connectivity index (χ2v) is 14.3. The van der Waals surface area contributed by atoms with Gasteiger partial charge >= 0.3 is 5.97 Å². The predicted molar refractivity (Wildman–Crippen MR) is 152 cm³/mol. The molecule has 1 amide bonds. The lowest BCUT2D eigenvalue weighted by Gasteiger charge is -2.59. The summed E-state index contributed by atoms with van der Waals surface area (Å²) in [4.78, 5) is 27.8. The number of esters is 1. The van der Waals surface area contributed by atoms with Crippen molar-refractivity contribution in [3.63, 3.8) is 0 Å². The van der Waals surface area contributed by atoms with E-state index in [9.17, 15) is 18.0 Å². The van der Waals surface area contributed by atoms with Crippen molar-refractivity contribution in [2.24, 2.45) is 23.2 Å². The summed E-state index contributed by atoms with van der Waals surface area (Å²) in [5, 5.41) is 3.12. The number of piperazine rings is 1. The maximum Gasteiger partial charge on any atom is 0.338 e. The summed E-state index contributed by atoms with van der Waals surface area (Å²) >= 11 is 0. The van der Waals surface area contributed by atoms with Crippen LogP contribution in [0.5, 0.6) is 0 Å². The molecule has 40 heavy (non-hydrogen) atoms. The van der Waals surface area contributed by atoms with E-state index in [1.807, 2.05) is 30.3 Å². The number of carbonyl (C=O) groups excluding carboxylic acids is 2. The zero-order valence-corrected chi connectivity index (χ0v) is 23.9. The van der Waals surface area contributed by atoms with Gasteiger partial charge in [0.15, 0.2) is 6.61 Å². The highest BCUT2D eigenvalue weighted by molar-refractivity contribution is 7.89. The summed E-state index contributed by atoms with van der Waals surface area (Å²) in [6, 6.07) is 15.9. The first-order chi connectivity index (χ1) is 19.2. The molecule has 0 radical (unpaired) electrons. The normalized spacial score (nSPS) is 28.7. The molecule has 0 spiro atoms. The monoisotopic (exact) mass is 565 g/mol. The van der Waals surface area contributed by atoms with Crippen LogP contribution < -0.4 is 10.2 Å². The predicted octanol–water partition coefficient (Wildman–Crippen LogP) is 4.08. The van der Waals surface area contributed by atoms with Gasteiger partial charge in [0.25, 0.3) is 5.91 Å². The number of hydrogen-bond donors (Lipinski definition) is 1. The number of amides is 1. The van der Waals surface area contributed by atoms with Gasteiger partial charge in [0.2, 0.25) is 10.0 Å². The maximum absolute atomic E-state index is 13.3. The van der Waals surface area contributed by atoms with E-state index in [-0.39, 0.29) is 34.4 Å². The van der Waals surface area contributed by atoms with Gasteiger partial charge in [-0.25, -0.2) is 13.2 Å². The van der Waals surface area contributed by atoms with Crippen molar-refractivity contribution in [2.75, 3.05) is 37.7 Å². The summed E-state index contributed by atoms with van der Waals surface area (Å²) in [5.74, 6) is 1.36. The van der Waals surface area contributed by atoms with E-state index < -0.39 is 16.0 Å². The Balaban J connectivity index is 1.03. The van der Waals surface area contributed by atoms with Crippen LogP contribution in [0.4, 0.5) is 5.69 Å². The first-order valence-corrected chi connectivity index (χ1v) is 16.0. The van der Waals surface area contributed by atoms with Crippen molar-refractivity contribution >= 4 is 27.6 Å². The van der Waals surface area contributed by atoms with Crippen LogP contribution in [0.2, 0.25) is 0 Å². The lowest BCUT2D eigenvalue weighted by molar-refractivity contribution is -0.128. The number of ether oxygens (including phenoxy) is 1. The smallest absolute Gasteiger partial charge is 0.338 e. The van der Waals surface area contributed by atoms with Gasteiger partial charge in [0.05, 0.1) is 10.5 Å². The minimum atomic E-state index is -3.77. The molecule has 4 aliphatic carbocycles. The molecule has 2 aromatic rings. The summed E-state index contributed by atoms with van der Waals surface area (Å²) in [6.07, 6.45) is 7.58. The average molecular weight is 566 g/mol. The topological polar surface area (TPSA) is 96.0 Å². The van der Waals surface area contributed by atoms with Crippen LogP contribution in [0, 0.1) is 23.2 Å². The molecule has 4 saturated carbocycles. The molecule has 4 bridgehead atoms. The number of nitrogens with one attached hydrogen (secondary N) is 1. The van der Waals surface area contributed by atoms with Gasteiger partial charge in [-0.3, -0.25) is 4.79 Å². The minimum absolute atomic E-state index is 0.0444. The van der Waals surface area contributed by atoms with E-state index in [1.165, 1.54) is 61.0 Å². The van der Waals surface area contributed by atoms with Gasteiger partial charge in [0.1, 0.15) is 0 Å². The van der Waals surface area contributed by atoms with Crippen LogP contribution in [0.3, 0.4) is 0 Å². The van der Waals surface area contributed by atoms with Crippen LogP contribution in [-0.2, 0) is 19.6 Å². The third-order valence-electron chi connectivity index (χ3n) is 9.78. The van der Waals surface area contributed by atoms with Crippen LogP contribution in [0.15, 0.2) is 59.5 Å². The van der Waals surface area contributed by atoms with Crippen molar-refractivity contribution in [3.8, 4) is 0 Å². The van der Waals surface area contributed by atoms with Gasteiger partial charge in [-0.2, -0.15) is 4.31 Å². The second-order valence-electron chi connectivity index (χ2n) is 12.4. The molecule has 214 valence electrons. The zero-order chi connectivity index (χ0) is 27.9. The molecule has 9 heteroatoms. The molecule has 0 aromatic heterocycles. The Kier molecular flexibility index (Phi) is 7.38. The van der Waals surface area contributed by atoms with Crippen LogP contribution >= 0.6 is 0 Å². The Morgan fingerprint density at radius 2 is 1.55 bits per heavy atom. The minimum Gasteiger partial charge on any atom is -0.452 e. The van der Waals surface area contributed by atoms with Crippen LogP contribution in [0.1, 0.15) is 55.8 Å². The van der Waals surface area contributed by atoms with E-state index in [4.69, 9.17) is 4.74 Å². The number of anilines is 1. The van der Waals surface area contributed by atoms with Crippen LogP contribution in [-0.4, -0.2) is 63.4 Å². The van der Waals surface area contributed by atoms with E-state index in [1.54, 1.807) is 6.07 Å². The van der Waals surface area contributed by atoms with Gasteiger partial charge in [-0.15, -0.1) is 0 Å². The van der Waals surface area contributed by atoms with Gasteiger partial charge in [-0.05, 0) is 98.9 Å². The highest BCUT2D eigenvalue weighted by Crippen LogP contribution is 2.61. The fourth-order valence-corrected chi connectivity index (χ4v) is 9.59. The zero-order valence-electron chi connectivity index (χ0n) is 23.1. The van der Waals surface area contributed by atoms with E-state index in [0.717, 1.165) is 23.4 Å². The summed E-state index contributed by atoms with van der Waals surface area (Å²) in [5.41, 5.74) is 1.36. The first kappa shape index (κ1) is 27.3. The number of rotatable bonds is 8. The van der Waals surface area contributed by atoms with Crippen molar-refractivity contribution in [2.45, 2.75) is 56.4 Å². The van der Waals surface area contributed by atoms with E-state index >= 15 is 0 Å². The molecule has 1 heterocycles. The Labute approximate surface area is 237 Å². The Morgan fingerprint density at radius 1 is 0.925 bits per heavy atom. The van der Waals surface area contributed by atoms with Crippen molar-refractivity contribution in [3.05, 3.63) is 60.2 Å². The quantitative estimate of drug-likeness (QED) is 0.485. The van der Waals surface area contributed by atoms with Gasteiger partial charge in [-0.1, -0.05) is 24.3 Å². The van der Waals surface area contributed by atoms with E-state index in [0.29, 0.717) is 26.2 Å². The number of benzene rings is 2. The fourth-order valence-electron chi connectivity index (χ4n) is 8.12. The average Bonchev–Trinajstić information content (AvgIpc) is 2.96. The van der Waals surface area contributed by atoms with Gasteiger partial charge in [0, 0.05) is 37.9 Å². The molecule has 1 atom stereocenters. The van der Waals surface area contributed by atoms with Crippen molar-refractivity contribution in [1.29, 1.82) is 0 Å². The Hall–Kier alpha value is -2.91. The highest BCUT2D eigenvalue weighted by Gasteiger charge is 2.53. The summed E-state index contributed by atoms with van der Waals surface area (Å²) < 4.78 is 33.5. The number of hydrogen-bond acceptors (Lipinski definition) is 6. The molecule has 8 nitrogen and oxygen atoms in total. The van der Waals surface area contributed by atoms with Crippen LogP contribution in [0.25, 0.3) is 0 Å². The number of carbonyl (C=O) groups is 2. The Bertz CT molecular complexity index is 1320. The standard InChI is InChI=1S/C31H39N3O5S/c1-22(31-18-23-14-24(19-31)16-25(15-23)20-31)32-29(35)21-39-30(36)26-6-5-9-28(17-26)40(37,38)34-12-10-33(11-13-34)27-7-3-2-4-8-27/h2-9,17,22-25H,10-16,18-21H2,1H3,(H,32,35)/t22-,23?,24?,25?,31?/m1/s1. The third-order valence-corrected chi connectivity index (χ3v) is 11.7. The van der Waals surface area contributed by atoms with Crippen molar-refractivity contribution in [1.82, 2.24) is 9.62 Å². The summed E-state index contributed by atoms with van der Waals surface area (Å²) in [6.45, 7) is 3.60. The second kappa shape index (κ2) is 10.8. The molecule has 5 fully saturated rings. The molecule has 1 saturated heterocycles. The maximum atomic E-state index is 13.3. The highest BCUT2D eigenvalue weighted by atomic mass is 32.2. The SMILES string of the molecule is C[C@@H](NC(=O)COC(=O)c1cccc(S(=O)(=O)N2CCN(c3ccccc3)CC2)c1)C12CC3CC(CC(C3)C1)C2. The molecule has 5 aliphatic rings. The molecule has 1 aliphatic heterocycles. The molecule has 7 rings (SSSR count). The number of sulfonamides is 1. The Morgan fingerprint density at radius 3 is 2.17 bits per heavy atom. The third kappa shape index (κ3) is 5.38. The molecular weight excluding hydrogens is 526 g/mol. The lowest BCUT2D eigenvalue weighted by Crippen LogP contribution is -2.56. The molecule has 1 N–H and O–H groups in total. The number of para-hydroxylation sites is 1.